The molecule has 23 heavy (non-hydrogen) atoms. The lowest BCUT2D eigenvalue weighted by atomic mass is 9.91. The van der Waals surface area contributed by atoms with E-state index in [1.165, 1.54) is 11.8 Å². The monoisotopic (exact) mass is 339 g/mol. The van der Waals surface area contributed by atoms with Gasteiger partial charge in [0.05, 0.1) is 6.04 Å². The molecule has 0 aromatic rings. The van der Waals surface area contributed by atoms with Gasteiger partial charge in [-0.2, -0.15) is 13.2 Å². The number of likely N-dealkylation sites (tertiary alicyclic amines) is 1. The van der Waals surface area contributed by atoms with Crippen molar-refractivity contribution in [3.05, 3.63) is 0 Å². The van der Waals surface area contributed by atoms with Gasteiger partial charge in [0.25, 0.3) is 0 Å². The van der Waals surface area contributed by atoms with E-state index < -0.39 is 42.7 Å². The number of halogens is 3. The summed E-state index contributed by atoms with van der Waals surface area (Å²) in [5, 5.41) is 14.4. The van der Waals surface area contributed by atoms with Crippen LogP contribution in [0.2, 0.25) is 0 Å². The Labute approximate surface area is 133 Å². The van der Waals surface area contributed by atoms with Gasteiger partial charge in [-0.25, -0.2) is 4.79 Å². The zero-order chi connectivity index (χ0) is 17.8. The Bertz CT molecular complexity index is 443. The number of carbonyl (C=O) groups excluding carboxylic acids is 2. The molecule has 0 aromatic heterocycles. The maximum atomic E-state index is 12.9. The summed E-state index contributed by atoms with van der Waals surface area (Å²) in [6.07, 6.45) is -5.03. The topological polar surface area (TPSA) is 81.7 Å². The van der Waals surface area contributed by atoms with Crippen LogP contribution in [-0.4, -0.2) is 59.4 Å². The second-order valence-corrected chi connectivity index (χ2v) is 6.37. The van der Waals surface area contributed by atoms with E-state index in [0.717, 1.165) is 0 Å². The number of β-amino-alcohol motifs (C(OH)–C–C–N with tert-alkyl or cyclic N) is 1. The first-order valence-corrected chi connectivity index (χ1v) is 7.58. The summed E-state index contributed by atoms with van der Waals surface area (Å²) < 4.78 is 38.7. The average molecular weight is 339 g/mol. The van der Waals surface area contributed by atoms with Crippen LogP contribution in [0.1, 0.15) is 33.6 Å². The lowest BCUT2D eigenvalue weighted by molar-refractivity contribution is -0.275. The van der Waals surface area contributed by atoms with E-state index in [4.69, 9.17) is 0 Å². The van der Waals surface area contributed by atoms with Crippen molar-refractivity contribution in [2.24, 2.45) is 5.92 Å². The maximum absolute atomic E-state index is 12.9. The third kappa shape index (κ3) is 5.35. The summed E-state index contributed by atoms with van der Waals surface area (Å²) in [6.45, 7) is 5.13. The van der Waals surface area contributed by atoms with Crippen LogP contribution >= 0.6 is 0 Å². The summed E-state index contributed by atoms with van der Waals surface area (Å²) in [6, 6.07) is -1.63. The lowest BCUT2D eigenvalue weighted by Gasteiger charge is -2.42. The number of imide groups is 1. The lowest BCUT2D eigenvalue weighted by Crippen LogP contribution is -2.61. The molecule has 0 spiro atoms. The first-order valence-electron chi connectivity index (χ1n) is 7.58. The molecule has 9 heteroatoms. The molecule has 0 radical (unpaired) electrons. The quantitative estimate of drug-likeness (QED) is 0.720. The standard InChI is InChI=1S/C14H24F3N3O3/c1-9(2)7-18-12(22)19-11(21)10(3)20-6-4-5-13(23,8-20)14(15,16)17/h9-10,23H,4-8H2,1-3H3,(H2,18,19,21,22)/t10-,13-/m1/s1. The second-order valence-electron chi connectivity index (χ2n) is 6.37. The van der Waals surface area contributed by atoms with Gasteiger partial charge in [0.2, 0.25) is 5.91 Å². The van der Waals surface area contributed by atoms with E-state index in [0.29, 0.717) is 6.54 Å². The summed E-state index contributed by atoms with van der Waals surface area (Å²) >= 11 is 0. The fourth-order valence-electron chi connectivity index (χ4n) is 2.35. The molecule has 3 amide bonds. The second kappa shape index (κ2) is 7.48. The number of nitrogens with one attached hydrogen (secondary N) is 2. The normalized spacial score (nSPS) is 24.3. The molecule has 1 saturated heterocycles. The highest BCUT2D eigenvalue weighted by atomic mass is 19.4. The Morgan fingerprint density at radius 3 is 2.43 bits per heavy atom. The van der Waals surface area contributed by atoms with Gasteiger partial charge in [0.1, 0.15) is 0 Å². The Morgan fingerprint density at radius 2 is 1.91 bits per heavy atom. The van der Waals surface area contributed by atoms with Gasteiger partial charge in [0, 0.05) is 13.1 Å². The highest BCUT2D eigenvalue weighted by molar-refractivity contribution is 5.96. The Balaban J connectivity index is 2.61. The minimum Gasteiger partial charge on any atom is -0.379 e. The third-order valence-electron chi connectivity index (χ3n) is 3.86. The zero-order valence-corrected chi connectivity index (χ0v) is 13.5. The molecule has 0 unspecified atom stereocenters. The summed E-state index contributed by atoms with van der Waals surface area (Å²) in [7, 11) is 0. The molecule has 1 aliphatic rings. The number of alkyl halides is 3. The van der Waals surface area contributed by atoms with Crippen LogP contribution in [0.4, 0.5) is 18.0 Å². The number of urea groups is 1. The number of rotatable bonds is 4. The van der Waals surface area contributed by atoms with Crippen LogP contribution in [0.5, 0.6) is 0 Å². The molecule has 1 heterocycles. The molecule has 0 saturated carbocycles. The zero-order valence-electron chi connectivity index (χ0n) is 13.5. The van der Waals surface area contributed by atoms with Crippen LogP contribution < -0.4 is 10.6 Å². The first kappa shape index (κ1) is 19.7. The fraction of sp³-hybridized carbons (Fsp3) is 0.857. The van der Waals surface area contributed by atoms with E-state index in [-0.39, 0.29) is 18.9 Å². The SMILES string of the molecule is CC(C)CNC(=O)NC(=O)[C@@H](C)N1CCC[C@](O)(C(F)(F)F)C1. The number of amides is 3. The minimum atomic E-state index is -4.75. The largest absolute Gasteiger partial charge is 0.418 e. The molecule has 0 aliphatic carbocycles. The molecule has 0 aromatic carbocycles. The van der Waals surface area contributed by atoms with Crippen molar-refractivity contribution in [2.75, 3.05) is 19.6 Å². The molecule has 1 aliphatic heterocycles. The first-order chi connectivity index (χ1) is 10.5. The highest BCUT2D eigenvalue weighted by Gasteiger charge is 2.55. The molecule has 134 valence electrons. The highest BCUT2D eigenvalue weighted by Crippen LogP contribution is 2.37. The van der Waals surface area contributed by atoms with Crippen LogP contribution in [0.15, 0.2) is 0 Å². The van der Waals surface area contributed by atoms with E-state index in [1.54, 1.807) is 0 Å². The Kier molecular flexibility index (Phi) is 6.41. The van der Waals surface area contributed by atoms with Crippen molar-refractivity contribution in [2.45, 2.75) is 51.4 Å². The van der Waals surface area contributed by atoms with Gasteiger partial charge in [0.15, 0.2) is 5.60 Å². The summed E-state index contributed by atoms with van der Waals surface area (Å²) in [4.78, 5) is 24.8. The van der Waals surface area contributed by atoms with Crippen LogP contribution in [0.3, 0.4) is 0 Å². The smallest absolute Gasteiger partial charge is 0.379 e. The van der Waals surface area contributed by atoms with Crippen molar-refractivity contribution < 1.29 is 27.9 Å². The molecule has 1 fully saturated rings. The number of carbonyl (C=O) groups is 2. The summed E-state index contributed by atoms with van der Waals surface area (Å²) in [5.41, 5.74) is -2.82. The Hall–Kier alpha value is -1.35. The maximum Gasteiger partial charge on any atom is 0.418 e. The van der Waals surface area contributed by atoms with Gasteiger partial charge in [-0.05, 0) is 32.2 Å². The van der Waals surface area contributed by atoms with Crippen LogP contribution in [0.25, 0.3) is 0 Å². The predicted octanol–water partition coefficient (Wildman–Crippen LogP) is 1.25. The van der Waals surface area contributed by atoms with Gasteiger partial charge in [-0.3, -0.25) is 15.0 Å². The molecular weight excluding hydrogens is 315 g/mol. The summed E-state index contributed by atoms with van der Waals surface area (Å²) in [5.74, 6) is -0.491. The average Bonchev–Trinajstić information content (AvgIpc) is 2.43. The fourth-order valence-corrected chi connectivity index (χ4v) is 2.35. The van der Waals surface area contributed by atoms with Crippen LogP contribution in [-0.2, 0) is 4.79 Å². The van der Waals surface area contributed by atoms with Gasteiger partial charge >= 0.3 is 12.2 Å². The number of nitrogens with zero attached hydrogens (tertiary/aromatic N) is 1. The van der Waals surface area contributed by atoms with Crippen molar-refractivity contribution in [3.8, 4) is 0 Å². The minimum absolute atomic E-state index is 0.118. The molecule has 3 N–H and O–H groups in total. The number of piperidine rings is 1. The predicted molar refractivity (Wildman–Crippen MR) is 77.7 cm³/mol. The van der Waals surface area contributed by atoms with Crippen molar-refractivity contribution in [1.29, 1.82) is 0 Å². The van der Waals surface area contributed by atoms with E-state index in [1.807, 2.05) is 13.8 Å². The van der Waals surface area contributed by atoms with Crippen molar-refractivity contribution in [3.63, 3.8) is 0 Å². The van der Waals surface area contributed by atoms with Gasteiger partial charge < -0.3 is 10.4 Å². The molecule has 0 bridgehead atoms. The van der Waals surface area contributed by atoms with Gasteiger partial charge in [-0.15, -0.1) is 0 Å². The molecule has 2 atom stereocenters. The number of aliphatic hydroxyl groups is 1. The molecule has 1 rings (SSSR count). The third-order valence-corrected chi connectivity index (χ3v) is 3.86. The van der Waals surface area contributed by atoms with E-state index >= 15 is 0 Å². The Morgan fingerprint density at radius 1 is 1.30 bits per heavy atom. The molecule has 6 nitrogen and oxygen atoms in total. The molecular formula is C14H24F3N3O3. The number of hydrogen-bond donors (Lipinski definition) is 3. The van der Waals surface area contributed by atoms with Crippen molar-refractivity contribution >= 4 is 11.9 Å². The number of hydrogen-bond acceptors (Lipinski definition) is 4. The van der Waals surface area contributed by atoms with Gasteiger partial charge in [-0.1, -0.05) is 13.8 Å². The van der Waals surface area contributed by atoms with Crippen LogP contribution in [0, 0.1) is 5.92 Å². The van der Waals surface area contributed by atoms with E-state index in [9.17, 15) is 27.9 Å². The van der Waals surface area contributed by atoms with E-state index in [2.05, 4.69) is 10.6 Å². The van der Waals surface area contributed by atoms with Crippen molar-refractivity contribution in [1.82, 2.24) is 15.5 Å².